The first-order valence-electron chi connectivity index (χ1n) is 10.2. The number of piperazine rings is 1. The third kappa shape index (κ3) is 6.44. The second-order valence-corrected chi connectivity index (χ2v) is 7.91. The number of nitrogens with zero attached hydrogens (tertiary/aromatic N) is 2. The van der Waals surface area contributed by atoms with E-state index in [1.54, 1.807) is 24.3 Å². The maximum absolute atomic E-state index is 13.2. The molecular weight excluding hydrogens is 391 g/mol. The van der Waals surface area contributed by atoms with Crippen molar-refractivity contribution in [3.63, 3.8) is 0 Å². The fourth-order valence-electron chi connectivity index (χ4n) is 3.63. The van der Waals surface area contributed by atoms with E-state index in [9.17, 15) is 9.18 Å². The molecule has 0 N–H and O–H groups in total. The maximum Gasteiger partial charge on any atom is 0.260 e. The summed E-state index contributed by atoms with van der Waals surface area (Å²) in [5.74, 6) is 0.426. The number of benzene rings is 2. The number of ether oxygens (including phenoxy) is 1. The van der Waals surface area contributed by atoms with E-state index in [-0.39, 0.29) is 18.3 Å². The zero-order valence-electron chi connectivity index (χ0n) is 16.8. The van der Waals surface area contributed by atoms with Crippen LogP contribution in [0.2, 0.25) is 5.02 Å². The molecule has 3 rings (SSSR count). The molecule has 156 valence electrons. The number of unbranched alkanes of at least 4 members (excludes halogenated alkanes) is 1. The smallest absolute Gasteiger partial charge is 0.260 e. The molecule has 6 heteroatoms. The van der Waals surface area contributed by atoms with E-state index >= 15 is 0 Å². The lowest BCUT2D eigenvalue weighted by atomic mass is 10.0. The Morgan fingerprint density at radius 3 is 2.55 bits per heavy atom. The van der Waals surface area contributed by atoms with E-state index in [2.05, 4.69) is 11.8 Å². The van der Waals surface area contributed by atoms with Gasteiger partial charge in [-0.25, -0.2) is 4.39 Å². The number of halogens is 2. The summed E-state index contributed by atoms with van der Waals surface area (Å²) in [6.45, 7) is 5.16. The highest BCUT2D eigenvalue weighted by atomic mass is 35.5. The standard InChI is InChI=1S/C23H28ClFN2O2/c1-2-3-4-21-16-27(23(28)17-29-22-11-7-19(24)8-12-22)14-13-26(21)15-18-5-9-20(25)10-6-18/h5-12,21H,2-4,13-17H2,1H3/t21-/m1/s1. The second kappa shape index (κ2) is 10.6. The predicted molar refractivity (Wildman–Crippen MR) is 114 cm³/mol. The largest absolute Gasteiger partial charge is 0.484 e. The van der Waals surface area contributed by atoms with Gasteiger partial charge in [0.1, 0.15) is 11.6 Å². The zero-order chi connectivity index (χ0) is 20.6. The van der Waals surface area contributed by atoms with Gasteiger partial charge in [0, 0.05) is 37.2 Å². The molecule has 0 radical (unpaired) electrons. The first kappa shape index (κ1) is 21.6. The zero-order valence-corrected chi connectivity index (χ0v) is 17.6. The summed E-state index contributed by atoms with van der Waals surface area (Å²) in [6.07, 6.45) is 3.28. The van der Waals surface area contributed by atoms with Crippen LogP contribution in [0.1, 0.15) is 31.7 Å². The average molecular weight is 419 g/mol. The van der Waals surface area contributed by atoms with E-state index in [1.807, 2.05) is 17.0 Å². The number of carbonyl (C=O) groups excluding carboxylic acids is 1. The molecule has 4 nitrogen and oxygen atoms in total. The third-order valence-corrected chi connectivity index (χ3v) is 5.58. The quantitative estimate of drug-likeness (QED) is 0.619. The molecule has 0 unspecified atom stereocenters. The van der Waals surface area contributed by atoms with Gasteiger partial charge in [-0.2, -0.15) is 0 Å². The Balaban J connectivity index is 1.57. The molecule has 0 spiro atoms. The Bertz CT molecular complexity index is 782. The molecule has 1 aliphatic heterocycles. The Hall–Kier alpha value is -2.11. The Kier molecular flexibility index (Phi) is 7.90. The fourth-order valence-corrected chi connectivity index (χ4v) is 3.76. The summed E-state index contributed by atoms with van der Waals surface area (Å²) in [6, 6.07) is 14.0. The molecule has 0 bridgehead atoms. The summed E-state index contributed by atoms with van der Waals surface area (Å²) in [5, 5.41) is 0.639. The second-order valence-electron chi connectivity index (χ2n) is 7.48. The van der Waals surface area contributed by atoms with E-state index in [0.29, 0.717) is 29.9 Å². The molecule has 1 amide bonds. The number of hydrogen-bond acceptors (Lipinski definition) is 3. The van der Waals surface area contributed by atoms with Crippen LogP contribution in [0, 0.1) is 5.82 Å². The van der Waals surface area contributed by atoms with Crippen molar-refractivity contribution in [2.75, 3.05) is 26.2 Å². The molecule has 2 aromatic rings. The lowest BCUT2D eigenvalue weighted by molar-refractivity contribution is -0.136. The first-order chi connectivity index (χ1) is 14.0. The van der Waals surface area contributed by atoms with Crippen molar-refractivity contribution in [2.45, 2.75) is 38.8 Å². The normalized spacial score (nSPS) is 17.3. The van der Waals surface area contributed by atoms with Gasteiger partial charge < -0.3 is 9.64 Å². The van der Waals surface area contributed by atoms with Crippen LogP contribution in [0.5, 0.6) is 5.75 Å². The van der Waals surface area contributed by atoms with Crippen LogP contribution in [0.3, 0.4) is 0 Å². The van der Waals surface area contributed by atoms with Gasteiger partial charge in [0.2, 0.25) is 0 Å². The molecule has 1 fully saturated rings. The SMILES string of the molecule is CCCC[C@@H]1CN(C(=O)COc2ccc(Cl)cc2)CCN1Cc1ccc(F)cc1. The summed E-state index contributed by atoms with van der Waals surface area (Å²) in [5.41, 5.74) is 1.10. The van der Waals surface area contributed by atoms with Crippen LogP contribution in [0.4, 0.5) is 4.39 Å². The lowest BCUT2D eigenvalue weighted by Crippen LogP contribution is -2.55. The van der Waals surface area contributed by atoms with Gasteiger partial charge in [-0.1, -0.05) is 43.5 Å². The van der Waals surface area contributed by atoms with Gasteiger partial charge in [0.05, 0.1) is 0 Å². The van der Waals surface area contributed by atoms with Crippen molar-refractivity contribution in [3.05, 3.63) is 64.9 Å². The Morgan fingerprint density at radius 2 is 1.86 bits per heavy atom. The molecule has 1 aliphatic rings. The minimum absolute atomic E-state index is 0.00267. The highest BCUT2D eigenvalue weighted by Crippen LogP contribution is 2.20. The molecular formula is C23H28ClFN2O2. The topological polar surface area (TPSA) is 32.8 Å². The molecule has 1 atom stereocenters. The minimum atomic E-state index is -0.215. The van der Waals surface area contributed by atoms with Crippen LogP contribution in [-0.2, 0) is 11.3 Å². The van der Waals surface area contributed by atoms with Crippen molar-refractivity contribution in [1.82, 2.24) is 9.80 Å². The van der Waals surface area contributed by atoms with Gasteiger partial charge in [0.25, 0.3) is 5.91 Å². The van der Waals surface area contributed by atoms with E-state index < -0.39 is 0 Å². The molecule has 0 aromatic heterocycles. The molecule has 1 heterocycles. The highest BCUT2D eigenvalue weighted by Gasteiger charge is 2.29. The number of carbonyl (C=O) groups is 1. The summed E-state index contributed by atoms with van der Waals surface area (Å²) in [7, 11) is 0. The van der Waals surface area contributed by atoms with Crippen LogP contribution in [0.25, 0.3) is 0 Å². The maximum atomic E-state index is 13.2. The molecule has 29 heavy (non-hydrogen) atoms. The highest BCUT2D eigenvalue weighted by molar-refractivity contribution is 6.30. The van der Waals surface area contributed by atoms with Gasteiger partial charge >= 0.3 is 0 Å². The summed E-state index contributed by atoms with van der Waals surface area (Å²) in [4.78, 5) is 17.0. The monoisotopic (exact) mass is 418 g/mol. The van der Waals surface area contributed by atoms with Gasteiger partial charge in [0.15, 0.2) is 6.61 Å². The predicted octanol–water partition coefficient (Wildman–Crippen LogP) is 4.76. The Morgan fingerprint density at radius 1 is 1.14 bits per heavy atom. The van der Waals surface area contributed by atoms with Crippen LogP contribution in [-0.4, -0.2) is 48.0 Å². The van der Waals surface area contributed by atoms with E-state index in [4.69, 9.17) is 16.3 Å². The van der Waals surface area contributed by atoms with Gasteiger partial charge in [-0.3, -0.25) is 9.69 Å². The number of hydrogen-bond donors (Lipinski definition) is 0. The minimum Gasteiger partial charge on any atom is -0.484 e. The van der Waals surface area contributed by atoms with Crippen LogP contribution < -0.4 is 4.74 Å². The molecule has 2 aromatic carbocycles. The lowest BCUT2D eigenvalue weighted by Gasteiger charge is -2.41. The van der Waals surface area contributed by atoms with Gasteiger partial charge in [-0.05, 0) is 48.4 Å². The Labute approximate surface area is 177 Å². The van der Waals surface area contributed by atoms with Crippen molar-refractivity contribution in [2.24, 2.45) is 0 Å². The van der Waals surface area contributed by atoms with Crippen molar-refractivity contribution in [1.29, 1.82) is 0 Å². The van der Waals surface area contributed by atoms with Crippen molar-refractivity contribution in [3.8, 4) is 5.75 Å². The first-order valence-corrected chi connectivity index (χ1v) is 10.6. The molecule has 0 aliphatic carbocycles. The number of rotatable bonds is 8. The fraction of sp³-hybridized carbons (Fsp3) is 0.435. The van der Waals surface area contributed by atoms with Gasteiger partial charge in [-0.15, -0.1) is 0 Å². The van der Waals surface area contributed by atoms with E-state index in [1.165, 1.54) is 12.1 Å². The molecule has 0 saturated carbocycles. The summed E-state index contributed by atoms with van der Waals surface area (Å²) >= 11 is 5.88. The average Bonchev–Trinajstić information content (AvgIpc) is 2.74. The van der Waals surface area contributed by atoms with Crippen LogP contribution in [0.15, 0.2) is 48.5 Å². The summed E-state index contributed by atoms with van der Waals surface area (Å²) < 4.78 is 18.8. The van der Waals surface area contributed by atoms with E-state index in [0.717, 1.165) is 37.9 Å². The molecule has 1 saturated heterocycles. The third-order valence-electron chi connectivity index (χ3n) is 5.32. The van der Waals surface area contributed by atoms with Crippen molar-refractivity contribution >= 4 is 17.5 Å². The van der Waals surface area contributed by atoms with Crippen molar-refractivity contribution < 1.29 is 13.9 Å². The van der Waals surface area contributed by atoms with Crippen LogP contribution >= 0.6 is 11.6 Å². The number of amides is 1.